The summed E-state index contributed by atoms with van der Waals surface area (Å²) in [7, 11) is -4.15. The van der Waals surface area contributed by atoms with E-state index in [-0.39, 0.29) is 24.2 Å². The number of allylic oxidation sites excluding steroid dienone is 1. The van der Waals surface area contributed by atoms with Gasteiger partial charge in [0, 0.05) is 23.1 Å². The second kappa shape index (κ2) is 15.5. The number of hydrogen-bond acceptors (Lipinski definition) is 8. The number of carbonyl (C=O) groups is 3. The van der Waals surface area contributed by atoms with Crippen LogP contribution in [0.1, 0.15) is 77.4 Å². The number of Topliss-reactive ketones (excluding diaryl/α,β-unsaturated/α-hetero) is 1. The first-order valence-corrected chi connectivity index (χ1v) is 23.3. The fourth-order valence-corrected chi connectivity index (χ4v) is 8.66. The number of hydrogen-bond donors (Lipinski definition) is 0. The summed E-state index contributed by atoms with van der Waals surface area (Å²) in [4.78, 5) is 44.5. The summed E-state index contributed by atoms with van der Waals surface area (Å²) < 4.78 is 19.4. The van der Waals surface area contributed by atoms with Crippen LogP contribution in [0.2, 0.25) is 39.3 Å². The van der Waals surface area contributed by atoms with Gasteiger partial charge in [0.25, 0.3) is 0 Å². The molecule has 0 saturated heterocycles. The molecular formula is C33H55NO6SSi2. The van der Waals surface area contributed by atoms with Crippen molar-refractivity contribution in [2.75, 3.05) is 0 Å². The standard InChI is InChI=1S/C33H55NO6SSi2/c1-22-14-13-15-26(20-35)16-17-28(23(2)18-27-21-41-25(4)34-27)38-30(36)19-29(39-42(7,8)9)33(5,6)32(37)24(3)31(22)40-43(10,11)12/h16,18,20-22,24,28-29,31H,13-15,17,19H2,1-12H3/b23-18+,26-16+/t22-,24+,28-,29-,31-/m0/s1. The third-order valence-corrected chi connectivity index (χ3v) is 10.7. The van der Waals surface area contributed by atoms with Gasteiger partial charge in [0.05, 0.1) is 29.3 Å². The summed E-state index contributed by atoms with van der Waals surface area (Å²) in [5, 5.41) is 2.92. The highest BCUT2D eigenvalue weighted by Gasteiger charge is 2.46. The molecule has 2 rings (SSSR count). The minimum atomic E-state index is -2.16. The van der Waals surface area contributed by atoms with Crippen LogP contribution in [0.15, 0.2) is 22.6 Å². The van der Waals surface area contributed by atoms with Crippen molar-refractivity contribution in [1.29, 1.82) is 0 Å². The molecule has 0 amide bonds. The van der Waals surface area contributed by atoms with Crippen LogP contribution in [0, 0.1) is 24.2 Å². The zero-order valence-corrected chi connectivity index (χ0v) is 31.4. The van der Waals surface area contributed by atoms with Crippen LogP contribution in [0.4, 0.5) is 0 Å². The number of nitrogens with zero attached hydrogens (tertiary/aromatic N) is 1. The molecule has 2 heterocycles. The van der Waals surface area contributed by atoms with Crippen LogP contribution < -0.4 is 0 Å². The van der Waals surface area contributed by atoms with E-state index < -0.39 is 46.1 Å². The number of rotatable bonds is 7. The molecule has 1 aliphatic rings. The lowest BCUT2D eigenvalue weighted by Gasteiger charge is -2.41. The summed E-state index contributed by atoms with van der Waals surface area (Å²) in [6, 6.07) is 0. The van der Waals surface area contributed by atoms with Gasteiger partial charge >= 0.3 is 5.97 Å². The molecule has 0 spiro atoms. The maximum atomic E-state index is 14.3. The minimum Gasteiger partial charge on any atom is -0.457 e. The lowest BCUT2D eigenvalue weighted by molar-refractivity contribution is -0.153. The van der Waals surface area contributed by atoms with Crippen molar-refractivity contribution in [1.82, 2.24) is 4.98 Å². The van der Waals surface area contributed by atoms with Gasteiger partial charge in [0.2, 0.25) is 0 Å². The van der Waals surface area contributed by atoms with E-state index in [9.17, 15) is 14.4 Å². The van der Waals surface area contributed by atoms with E-state index in [4.69, 9.17) is 13.6 Å². The van der Waals surface area contributed by atoms with E-state index in [0.717, 1.165) is 35.4 Å². The first-order valence-electron chi connectivity index (χ1n) is 15.6. The number of ketones is 1. The molecule has 0 bridgehead atoms. The Hall–Kier alpha value is -1.73. The molecule has 0 aromatic carbocycles. The molecule has 5 atom stereocenters. The third kappa shape index (κ3) is 11.9. The Balaban J connectivity index is 2.58. The number of thiazole rings is 1. The van der Waals surface area contributed by atoms with Gasteiger partial charge in [-0.15, -0.1) is 11.3 Å². The molecule has 10 heteroatoms. The van der Waals surface area contributed by atoms with E-state index in [1.165, 1.54) is 0 Å². The Morgan fingerprint density at radius 3 is 2.26 bits per heavy atom. The van der Waals surface area contributed by atoms with Gasteiger partial charge in [-0.05, 0) is 95.5 Å². The van der Waals surface area contributed by atoms with Crippen molar-refractivity contribution in [3.05, 3.63) is 33.3 Å². The monoisotopic (exact) mass is 649 g/mol. The molecule has 0 aliphatic carbocycles. The second-order valence-corrected chi connectivity index (χ2v) is 24.6. The zero-order chi connectivity index (χ0) is 32.8. The number of aryl methyl sites for hydroxylation is 1. The molecule has 0 unspecified atom stereocenters. The number of aromatic nitrogens is 1. The SMILES string of the molecule is C/C(=C\c1csc(C)n1)[C@@H]1C/C=C(/C=O)CCC[C@H](C)[C@H](O[Si](C)(C)C)[C@@H](C)C(=O)C(C)(C)[C@@H](O[Si](C)(C)C)CC(=O)O1. The van der Waals surface area contributed by atoms with E-state index in [1.54, 1.807) is 11.3 Å². The zero-order valence-electron chi connectivity index (χ0n) is 28.5. The average molecular weight is 650 g/mol. The van der Waals surface area contributed by atoms with E-state index in [0.29, 0.717) is 18.4 Å². The number of ether oxygens (including phenoxy) is 1. The normalized spacial score (nSPS) is 28.6. The van der Waals surface area contributed by atoms with Crippen LogP contribution in [-0.4, -0.2) is 58.0 Å². The minimum absolute atomic E-state index is 0.0331. The molecule has 1 aromatic heterocycles. The van der Waals surface area contributed by atoms with E-state index in [1.807, 2.05) is 52.2 Å². The molecule has 1 aromatic rings. The van der Waals surface area contributed by atoms with Gasteiger partial charge < -0.3 is 13.6 Å². The van der Waals surface area contributed by atoms with Crippen molar-refractivity contribution >= 4 is 52.1 Å². The number of carbonyl (C=O) groups excluding carboxylic acids is 3. The second-order valence-electron chi connectivity index (χ2n) is 14.7. The van der Waals surface area contributed by atoms with Gasteiger partial charge in [-0.1, -0.05) is 33.8 Å². The molecule has 242 valence electrons. The van der Waals surface area contributed by atoms with Crippen molar-refractivity contribution in [2.24, 2.45) is 17.3 Å². The highest BCUT2D eigenvalue weighted by atomic mass is 32.1. The summed E-state index contributed by atoms with van der Waals surface area (Å²) in [6.07, 6.45) is 5.80. The number of esters is 1. The Morgan fingerprint density at radius 1 is 1.09 bits per heavy atom. The van der Waals surface area contributed by atoms with Gasteiger partial charge in [-0.2, -0.15) is 0 Å². The molecule has 0 saturated carbocycles. The van der Waals surface area contributed by atoms with Gasteiger partial charge in [-0.3, -0.25) is 14.4 Å². The van der Waals surface area contributed by atoms with Crippen molar-refractivity contribution in [3.63, 3.8) is 0 Å². The third-order valence-electron chi connectivity index (χ3n) is 7.91. The summed E-state index contributed by atoms with van der Waals surface area (Å²) in [5.41, 5.74) is 1.39. The van der Waals surface area contributed by atoms with Crippen LogP contribution in [-0.2, 0) is 28.0 Å². The van der Waals surface area contributed by atoms with Gasteiger partial charge in [0.15, 0.2) is 16.6 Å². The predicted molar refractivity (Wildman–Crippen MR) is 181 cm³/mol. The van der Waals surface area contributed by atoms with Crippen molar-refractivity contribution in [3.8, 4) is 0 Å². The average Bonchev–Trinajstić information content (AvgIpc) is 3.29. The fourth-order valence-electron chi connectivity index (χ4n) is 5.60. The van der Waals surface area contributed by atoms with Crippen LogP contribution in [0.25, 0.3) is 6.08 Å². The maximum absolute atomic E-state index is 14.3. The molecule has 43 heavy (non-hydrogen) atoms. The molecule has 1 aliphatic heterocycles. The first-order chi connectivity index (χ1) is 19.7. The molecule has 7 nitrogen and oxygen atoms in total. The van der Waals surface area contributed by atoms with E-state index >= 15 is 0 Å². The Labute approximate surface area is 266 Å². The largest absolute Gasteiger partial charge is 0.457 e. The summed E-state index contributed by atoms with van der Waals surface area (Å²) in [6.45, 7) is 24.4. The Morgan fingerprint density at radius 2 is 1.72 bits per heavy atom. The molecule has 0 fully saturated rings. The van der Waals surface area contributed by atoms with Crippen molar-refractivity contribution in [2.45, 2.75) is 131 Å². The van der Waals surface area contributed by atoms with Crippen molar-refractivity contribution < 1.29 is 28.0 Å². The van der Waals surface area contributed by atoms with Crippen LogP contribution in [0.3, 0.4) is 0 Å². The molecule has 0 radical (unpaired) electrons. The number of aldehydes is 1. The Bertz CT molecular complexity index is 1180. The quantitative estimate of drug-likeness (QED) is 0.167. The topological polar surface area (TPSA) is 91.8 Å². The van der Waals surface area contributed by atoms with E-state index in [2.05, 4.69) is 51.2 Å². The highest BCUT2D eigenvalue weighted by molar-refractivity contribution is 7.09. The smallest absolute Gasteiger partial charge is 0.309 e. The lowest BCUT2D eigenvalue weighted by atomic mass is 9.73. The van der Waals surface area contributed by atoms with Gasteiger partial charge in [0.1, 0.15) is 18.2 Å². The highest BCUT2D eigenvalue weighted by Crippen LogP contribution is 2.37. The number of cyclic esters (lactones) is 1. The summed E-state index contributed by atoms with van der Waals surface area (Å²) in [5.74, 6) is -0.678. The Kier molecular flexibility index (Phi) is 13.5. The fraction of sp³-hybridized carbons (Fsp3) is 0.697. The predicted octanol–water partition coefficient (Wildman–Crippen LogP) is 8.16. The van der Waals surface area contributed by atoms with Crippen LogP contribution in [0.5, 0.6) is 0 Å². The van der Waals surface area contributed by atoms with Gasteiger partial charge in [-0.25, -0.2) is 4.98 Å². The van der Waals surface area contributed by atoms with Crippen LogP contribution >= 0.6 is 11.3 Å². The maximum Gasteiger partial charge on any atom is 0.309 e. The first kappa shape index (κ1) is 37.5. The summed E-state index contributed by atoms with van der Waals surface area (Å²) >= 11 is 1.56. The lowest BCUT2D eigenvalue weighted by Crippen LogP contribution is -2.51. The molecular weight excluding hydrogens is 595 g/mol. The molecule has 0 N–H and O–H groups in total.